The number of carboxylic acid groups (broad SMARTS) is 1. The van der Waals surface area contributed by atoms with Crippen LogP contribution in [0.15, 0.2) is 42.5 Å². The monoisotopic (exact) mass is 419 g/mol. The zero-order valence-electron chi connectivity index (χ0n) is 12.4. The summed E-state index contributed by atoms with van der Waals surface area (Å²) < 4.78 is 5.98. The van der Waals surface area contributed by atoms with Gasteiger partial charge in [-0.05, 0) is 58.9 Å². The van der Waals surface area contributed by atoms with Crippen LogP contribution in [0.5, 0.6) is 5.75 Å². The van der Waals surface area contributed by atoms with Gasteiger partial charge in [0.1, 0.15) is 5.75 Å². The minimum absolute atomic E-state index is 0.377. The topological polar surface area (TPSA) is 70.3 Å². The summed E-state index contributed by atoms with van der Waals surface area (Å²) in [5.41, 5.74) is 3.43. The fourth-order valence-corrected chi connectivity index (χ4v) is 2.64. The van der Waals surface area contributed by atoms with Gasteiger partial charge in [0.2, 0.25) is 0 Å². The van der Waals surface area contributed by atoms with Gasteiger partial charge in [0.25, 0.3) is 0 Å². The molecule has 2 aromatic rings. The third-order valence-corrected chi connectivity index (χ3v) is 3.94. The number of halogens is 1. The number of rotatable bonds is 5. The fraction of sp³-hybridized carbons (Fsp3) is 0.111. The first-order valence-corrected chi connectivity index (χ1v) is 7.90. The highest BCUT2D eigenvalue weighted by Crippen LogP contribution is 2.25. The normalized spacial score (nSPS) is 10.9. The van der Waals surface area contributed by atoms with Crippen LogP contribution < -0.4 is 4.74 Å². The number of aryl methyl sites for hydroxylation is 1. The standard InChI is InChI=1S/C18H14INO3/c1-12-2-5-14(6-3-12)15(10-20)8-13-4-7-17(16(19)9-13)23-11-18(21)22/h2-9H,11H2,1H3,(H,21,22)/b15-8-. The van der Waals surface area contributed by atoms with Crippen LogP contribution >= 0.6 is 22.6 Å². The van der Waals surface area contributed by atoms with E-state index in [4.69, 9.17) is 9.84 Å². The highest BCUT2D eigenvalue weighted by atomic mass is 127. The lowest BCUT2D eigenvalue weighted by Crippen LogP contribution is -2.10. The minimum atomic E-state index is -1.02. The molecule has 116 valence electrons. The number of nitrogens with zero attached hydrogens (tertiary/aromatic N) is 1. The van der Waals surface area contributed by atoms with E-state index in [2.05, 4.69) is 28.7 Å². The largest absolute Gasteiger partial charge is 0.481 e. The molecule has 0 aromatic heterocycles. The summed E-state index contributed by atoms with van der Waals surface area (Å²) in [6.07, 6.45) is 1.80. The molecule has 0 atom stereocenters. The number of nitriles is 1. The van der Waals surface area contributed by atoms with Gasteiger partial charge in [-0.15, -0.1) is 0 Å². The molecule has 0 unspecified atom stereocenters. The lowest BCUT2D eigenvalue weighted by Gasteiger charge is -2.07. The number of hydrogen-bond donors (Lipinski definition) is 1. The molecule has 0 saturated heterocycles. The molecule has 0 bridgehead atoms. The number of allylic oxidation sites excluding steroid dienone is 1. The predicted octanol–water partition coefficient (Wildman–Crippen LogP) is 4.13. The van der Waals surface area contributed by atoms with Gasteiger partial charge in [0.15, 0.2) is 6.61 Å². The van der Waals surface area contributed by atoms with Crippen molar-refractivity contribution in [1.29, 1.82) is 5.26 Å². The molecule has 0 heterocycles. The Kier molecular flexibility index (Phi) is 5.77. The second-order valence-electron chi connectivity index (χ2n) is 4.91. The van der Waals surface area contributed by atoms with Crippen molar-refractivity contribution >= 4 is 40.2 Å². The first-order valence-electron chi connectivity index (χ1n) is 6.82. The molecule has 0 fully saturated rings. The molecular formula is C18H14INO3. The van der Waals surface area contributed by atoms with Gasteiger partial charge >= 0.3 is 5.97 Å². The van der Waals surface area contributed by atoms with E-state index >= 15 is 0 Å². The van der Waals surface area contributed by atoms with Crippen molar-refractivity contribution in [2.24, 2.45) is 0 Å². The average Bonchev–Trinajstić information content (AvgIpc) is 2.52. The Hall–Kier alpha value is -2.33. The first-order chi connectivity index (χ1) is 11.0. The first kappa shape index (κ1) is 17.0. The van der Waals surface area contributed by atoms with Crippen LogP contribution in [0.25, 0.3) is 11.6 Å². The van der Waals surface area contributed by atoms with Crippen LogP contribution in [0.2, 0.25) is 0 Å². The average molecular weight is 419 g/mol. The maximum absolute atomic E-state index is 10.5. The lowest BCUT2D eigenvalue weighted by molar-refractivity contribution is -0.139. The number of hydrogen-bond acceptors (Lipinski definition) is 3. The zero-order valence-corrected chi connectivity index (χ0v) is 14.6. The molecular weight excluding hydrogens is 405 g/mol. The van der Waals surface area contributed by atoms with Gasteiger partial charge in [-0.2, -0.15) is 5.26 Å². The van der Waals surface area contributed by atoms with Crippen LogP contribution in [-0.4, -0.2) is 17.7 Å². The smallest absolute Gasteiger partial charge is 0.341 e. The number of aliphatic carboxylic acids is 1. The number of carbonyl (C=O) groups is 1. The molecule has 0 saturated carbocycles. The summed E-state index contributed by atoms with van der Waals surface area (Å²) >= 11 is 2.08. The van der Waals surface area contributed by atoms with Gasteiger partial charge < -0.3 is 9.84 Å². The highest BCUT2D eigenvalue weighted by molar-refractivity contribution is 14.1. The molecule has 0 spiro atoms. The SMILES string of the molecule is Cc1ccc(/C(C#N)=C\c2ccc(OCC(=O)O)c(I)c2)cc1. The Morgan fingerprint density at radius 1 is 1.30 bits per heavy atom. The van der Waals surface area contributed by atoms with Crippen LogP contribution in [0, 0.1) is 21.8 Å². The van der Waals surface area contributed by atoms with E-state index in [1.54, 1.807) is 18.2 Å². The third kappa shape index (κ3) is 4.83. The second kappa shape index (κ2) is 7.79. The van der Waals surface area contributed by atoms with Crippen molar-refractivity contribution < 1.29 is 14.6 Å². The Morgan fingerprint density at radius 2 is 2.00 bits per heavy atom. The zero-order chi connectivity index (χ0) is 16.8. The van der Waals surface area contributed by atoms with Crippen LogP contribution in [0.4, 0.5) is 0 Å². The van der Waals surface area contributed by atoms with E-state index in [1.165, 1.54) is 0 Å². The Bertz CT molecular complexity index is 789. The molecule has 0 aliphatic carbocycles. The summed E-state index contributed by atoms with van der Waals surface area (Å²) in [7, 11) is 0. The molecule has 0 aliphatic rings. The van der Waals surface area contributed by atoms with Gasteiger partial charge in [-0.1, -0.05) is 35.9 Å². The van der Waals surface area contributed by atoms with Crippen molar-refractivity contribution in [3.8, 4) is 11.8 Å². The number of benzene rings is 2. The molecule has 0 aliphatic heterocycles. The van der Waals surface area contributed by atoms with Gasteiger partial charge in [0, 0.05) is 0 Å². The van der Waals surface area contributed by atoms with Crippen molar-refractivity contribution in [1.82, 2.24) is 0 Å². The number of ether oxygens (including phenoxy) is 1. The quantitative estimate of drug-likeness (QED) is 0.450. The summed E-state index contributed by atoms with van der Waals surface area (Å²) in [4.78, 5) is 10.5. The molecule has 1 N–H and O–H groups in total. The minimum Gasteiger partial charge on any atom is -0.481 e. The predicted molar refractivity (Wildman–Crippen MR) is 97.0 cm³/mol. The highest BCUT2D eigenvalue weighted by Gasteiger charge is 2.06. The molecule has 2 aromatic carbocycles. The van der Waals surface area contributed by atoms with Crippen molar-refractivity contribution in [3.05, 3.63) is 62.7 Å². The van der Waals surface area contributed by atoms with E-state index in [1.807, 2.05) is 37.3 Å². The van der Waals surface area contributed by atoms with E-state index in [0.29, 0.717) is 11.3 Å². The molecule has 23 heavy (non-hydrogen) atoms. The summed E-state index contributed by atoms with van der Waals surface area (Å²) in [6.45, 7) is 1.62. The van der Waals surface area contributed by atoms with Crippen LogP contribution in [0.3, 0.4) is 0 Å². The van der Waals surface area contributed by atoms with Gasteiger partial charge in [-0.3, -0.25) is 0 Å². The Balaban J connectivity index is 2.27. The van der Waals surface area contributed by atoms with Crippen molar-refractivity contribution in [2.75, 3.05) is 6.61 Å². The van der Waals surface area contributed by atoms with Crippen LogP contribution in [0.1, 0.15) is 16.7 Å². The number of carboxylic acids is 1. The summed E-state index contributed by atoms with van der Waals surface area (Å²) in [5.74, 6) is -0.505. The fourth-order valence-electron chi connectivity index (χ4n) is 1.94. The van der Waals surface area contributed by atoms with Crippen molar-refractivity contribution in [2.45, 2.75) is 6.92 Å². The van der Waals surface area contributed by atoms with Gasteiger partial charge in [0.05, 0.1) is 15.2 Å². The third-order valence-electron chi connectivity index (χ3n) is 3.10. The molecule has 4 nitrogen and oxygen atoms in total. The maximum Gasteiger partial charge on any atom is 0.341 e. The molecule has 5 heteroatoms. The molecule has 0 radical (unpaired) electrons. The second-order valence-corrected chi connectivity index (χ2v) is 6.07. The van der Waals surface area contributed by atoms with Crippen molar-refractivity contribution in [3.63, 3.8) is 0 Å². The molecule has 0 amide bonds. The van der Waals surface area contributed by atoms with E-state index in [9.17, 15) is 10.1 Å². The Labute approximate surface area is 148 Å². The lowest BCUT2D eigenvalue weighted by atomic mass is 10.0. The molecule has 2 rings (SSSR count). The van der Waals surface area contributed by atoms with E-state index in [-0.39, 0.29) is 6.61 Å². The Morgan fingerprint density at radius 3 is 2.57 bits per heavy atom. The van der Waals surface area contributed by atoms with Gasteiger partial charge in [-0.25, -0.2) is 4.79 Å². The van der Waals surface area contributed by atoms with E-state index in [0.717, 1.165) is 20.3 Å². The summed E-state index contributed by atoms with van der Waals surface area (Å²) in [5, 5.41) is 18.0. The summed E-state index contributed by atoms with van der Waals surface area (Å²) in [6, 6.07) is 15.3. The van der Waals surface area contributed by atoms with E-state index < -0.39 is 5.97 Å². The van der Waals surface area contributed by atoms with Crippen LogP contribution in [-0.2, 0) is 4.79 Å². The maximum atomic E-state index is 10.5.